The molecule has 2 rings (SSSR count). The number of benzene rings is 2. The van der Waals surface area contributed by atoms with E-state index >= 15 is 0 Å². The largest absolute Gasteiger partial charge is 0.491 e. The Kier molecular flexibility index (Phi) is 6.08. The van der Waals surface area contributed by atoms with Gasteiger partial charge in [0.25, 0.3) is 0 Å². The molecule has 0 heterocycles. The van der Waals surface area contributed by atoms with E-state index in [0.717, 1.165) is 0 Å². The van der Waals surface area contributed by atoms with Gasteiger partial charge in [0.05, 0.1) is 0 Å². The Morgan fingerprint density at radius 3 is 2.58 bits per heavy atom. The Bertz CT molecular complexity index is 693. The van der Waals surface area contributed by atoms with E-state index in [1.54, 1.807) is 19.1 Å². The van der Waals surface area contributed by atoms with Crippen LogP contribution in [0.25, 0.3) is 0 Å². The quantitative estimate of drug-likeness (QED) is 0.760. The summed E-state index contributed by atoms with van der Waals surface area (Å²) in [6.45, 7) is 1.50. The lowest BCUT2D eigenvalue weighted by molar-refractivity contribution is 0.108. The van der Waals surface area contributed by atoms with Gasteiger partial charge in [-0.2, -0.15) is 0 Å². The maximum atomic E-state index is 13.4. The van der Waals surface area contributed by atoms with Crippen LogP contribution in [0.5, 0.6) is 5.75 Å². The minimum Gasteiger partial charge on any atom is -0.491 e. The smallest absolute Gasteiger partial charge is 0.319 e. The van der Waals surface area contributed by atoms with Crippen molar-refractivity contribution >= 4 is 11.7 Å². The standard InChI is InChI=1S/C17H18F2N2O3/c1-11-2-5-13(8-16(11)19)21-17(23)20-9-14(22)10-24-15-6-3-12(18)4-7-15/h2-8,14,22H,9-10H2,1H3,(H2,20,21,23). The zero-order valence-corrected chi connectivity index (χ0v) is 13.1. The first-order valence-corrected chi connectivity index (χ1v) is 7.31. The van der Waals surface area contributed by atoms with Gasteiger partial charge in [0.2, 0.25) is 0 Å². The molecule has 0 bridgehead atoms. The van der Waals surface area contributed by atoms with E-state index in [1.807, 2.05) is 0 Å². The highest BCUT2D eigenvalue weighted by Crippen LogP contribution is 2.13. The van der Waals surface area contributed by atoms with Crippen molar-refractivity contribution in [1.82, 2.24) is 5.32 Å². The molecule has 5 nitrogen and oxygen atoms in total. The highest BCUT2D eigenvalue weighted by molar-refractivity contribution is 5.89. The van der Waals surface area contributed by atoms with Gasteiger partial charge in [-0.05, 0) is 48.9 Å². The molecule has 2 amide bonds. The van der Waals surface area contributed by atoms with Crippen molar-refractivity contribution in [2.45, 2.75) is 13.0 Å². The number of carbonyl (C=O) groups is 1. The lowest BCUT2D eigenvalue weighted by Crippen LogP contribution is -2.37. The Balaban J connectivity index is 1.72. The predicted octanol–water partition coefficient (Wildman–Crippen LogP) is 2.83. The van der Waals surface area contributed by atoms with E-state index in [0.29, 0.717) is 17.0 Å². The number of carbonyl (C=O) groups excluding carboxylic acids is 1. The zero-order valence-electron chi connectivity index (χ0n) is 13.1. The summed E-state index contributed by atoms with van der Waals surface area (Å²) in [7, 11) is 0. The fourth-order valence-corrected chi connectivity index (χ4v) is 1.84. The summed E-state index contributed by atoms with van der Waals surface area (Å²) in [4.78, 5) is 11.7. The molecule has 0 saturated heterocycles. The van der Waals surface area contributed by atoms with Gasteiger partial charge in [-0.15, -0.1) is 0 Å². The third kappa shape index (κ3) is 5.51. The number of hydrogen-bond donors (Lipinski definition) is 3. The van der Waals surface area contributed by atoms with Gasteiger partial charge in [0, 0.05) is 12.2 Å². The van der Waals surface area contributed by atoms with E-state index in [-0.39, 0.29) is 19.0 Å². The van der Waals surface area contributed by atoms with Crippen LogP contribution in [0.15, 0.2) is 42.5 Å². The van der Waals surface area contributed by atoms with Crippen LogP contribution >= 0.6 is 0 Å². The number of amides is 2. The molecule has 24 heavy (non-hydrogen) atoms. The van der Waals surface area contributed by atoms with Crippen LogP contribution in [0.1, 0.15) is 5.56 Å². The molecular weight excluding hydrogens is 318 g/mol. The number of aliphatic hydroxyl groups is 1. The number of nitrogens with one attached hydrogen (secondary N) is 2. The molecule has 128 valence electrons. The number of anilines is 1. The lowest BCUT2D eigenvalue weighted by atomic mass is 10.2. The number of halogens is 2. The van der Waals surface area contributed by atoms with E-state index in [2.05, 4.69) is 10.6 Å². The predicted molar refractivity (Wildman–Crippen MR) is 86.1 cm³/mol. The molecule has 1 unspecified atom stereocenters. The average Bonchev–Trinajstić information content (AvgIpc) is 2.56. The summed E-state index contributed by atoms with van der Waals surface area (Å²) in [5.41, 5.74) is 0.793. The van der Waals surface area contributed by atoms with E-state index < -0.39 is 18.0 Å². The topological polar surface area (TPSA) is 70.6 Å². The zero-order chi connectivity index (χ0) is 17.5. The maximum Gasteiger partial charge on any atom is 0.319 e. The molecule has 1 atom stereocenters. The number of hydrogen-bond acceptors (Lipinski definition) is 3. The molecule has 0 aliphatic rings. The molecule has 0 aliphatic carbocycles. The van der Waals surface area contributed by atoms with Gasteiger partial charge in [0.1, 0.15) is 30.1 Å². The second-order valence-electron chi connectivity index (χ2n) is 5.22. The van der Waals surface area contributed by atoms with Crippen LogP contribution in [0.2, 0.25) is 0 Å². The van der Waals surface area contributed by atoms with Crippen molar-refractivity contribution in [2.24, 2.45) is 0 Å². The molecule has 0 aromatic heterocycles. The minimum atomic E-state index is -0.949. The normalized spacial score (nSPS) is 11.7. The molecular formula is C17H18F2N2O3. The van der Waals surface area contributed by atoms with Gasteiger partial charge in [-0.1, -0.05) is 6.07 Å². The van der Waals surface area contributed by atoms with Crippen molar-refractivity contribution < 1.29 is 23.4 Å². The van der Waals surface area contributed by atoms with E-state index in [9.17, 15) is 18.7 Å². The van der Waals surface area contributed by atoms with Crippen LogP contribution in [0.3, 0.4) is 0 Å². The molecule has 2 aromatic rings. The van der Waals surface area contributed by atoms with Crippen molar-refractivity contribution in [3.8, 4) is 5.75 Å². The van der Waals surface area contributed by atoms with E-state index in [4.69, 9.17) is 4.74 Å². The van der Waals surface area contributed by atoms with Crippen LogP contribution in [0.4, 0.5) is 19.3 Å². The molecule has 7 heteroatoms. The average molecular weight is 336 g/mol. The van der Waals surface area contributed by atoms with Crippen LogP contribution < -0.4 is 15.4 Å². The Hall–Kier alpha value is -2.67. The third-order valence-corrected chi connectivity index (χ3v) is 3.18. The van der Waals surface area contributed by atoms with Gasteiger partial charge in [-0.3, -0.25) is 0 Å². The summed E-state index contributed by atoms with van der Waals surface area (Å²) < 4.78 is 31.4. The monoisotopic (exact) mass is 336 g/mol. The van der Waals surface area contributed by atoms with Gasteiger partial charge < -0.3 is 20.5 Å². The molecule has 3 N–H and O–H groups in total. The minimum absolute atomic E-state index is 0.0542. The Morgan fingerprint density at radius 1 is 1.21 bits per heavy atom. The van der Waals surface area contributed by atoms with Gasteiger partial charge in [-0.25, -0.2) is 13.6 Å². The fraction of sp³-hybridized carbons (Fsp3) is 0.235. The van der Waals surface area contributed by atoms with Crippen molar-refractivity contribution in [3.63, 3.8) is 0 Å². The summed E-state index contributed by atoms with van der Waals surface area (Å²) in [5.74, 6) is -0.385. The fourth-order valence-electron chi connectivity index (χ4n) is 1.84. The summed E-state index contributed by atoms with van der Waals surface area (Å²) in [6, 6.07) is 9.13. The number of ether oxygens (including phenoxy) is 1. The van der Waals surface area contributed by atoms with E-state index in [1.165, 1.54) is 30.3 Å². The Labute approximate surface area is 138 Å². The first kappa shape index (κ1) is 17.7. The number of aryl methyl sites for hydroxylation is 1. The molecule has 0 saturated carbocycles. The second-order valence-corrected chi connectivity index (χ2v) is 5.22. The number of urea groups is 1. The SMILES string of the molecule is Cc1ccc(NC(=O)NCC(O)COc2ccc(F)cc2)cc1F. The van der Waals surface area contributed by atoms with Crippen molar-refractivity contribution in [1.29, 1.82) is 0 Å². The van der Waals surface area contributed by atoms with Gasteiger partial charge >= 0.3 is 6.03 Å². The molecule has 0 fully saturated rings. The molecule has 0 spiro atoms. The molecule has 0 radical (unpaired) electrons. The molecule has 2 aromatic carbocycles. The first-order valence-electron chi connectivity index (χ1n) is 7.31. The van der Waals surface area contributed by atoms with Crippen molar-refractivity contribution in [2.75, 3.05) is 18.5 Å². The number of rotatable bonds is 6. The first-order chi connectivity index (χ1) is 11.4. The highest BCUT2D eigenvalue weighted by atomic mass is 19.1. The number of aliphatic hydroxyl groups excluding tert-OH is 1. The van der Waals surface area contributed by atoms with Crippen LogP contribution in [-0.2, 0) is 0 Å². The van der Waals surface area contributed by atoms with Crippen molar-refractivity contribution in [3.05, 3.63) is 59.7 Å². The second kappa shape index (κ2) is 8.26. The van der Waals surface area contributed by atoms with Crippen LogP contribution in [-0.4, -0.2) is 30.4 Å². The third-order valence-electron chi connectivity index (χ3n) is 3.18. The van der Waals surface area contributed by atoms with Gasteiger partial charge in [0.15, 0.2) is 0 Å². The molecule has 0 aliphatic heterocycles. The Morgan fingerprint density at radius 2 is 1.92 bits per heavy atom. The van der Waals surface area contributed by atoms with Crippen LogP contribution in [0, 0.1) is 18.6 Å². The maximum absolute atomic E-state index is 13.4. The summed E-state index contributed by atoms with van der Waals surface area (Å²) in [5, 5.41) is 14.7. The highest BCUT2D eigenvalue weighted by Gasteiger charge is 2.09. The summed E-state index contributed by atoms with van der Waals surface area (Å²) >= 11 is 0. The lowest BCUT2D eigenvalue weighted by Gasteiger charge is -2.14. The summed E-state index contributed by atoms with van der Waals surface area (Å²) in [6.07, 6.45) is -0.949.